The quantitative estimate of drug-likeness (QED) is 0.362. The van der Waals surface area contributed by atoms with Crippen LogP contribution in [0.2, 0.25) is 0 Å². The molecule has 34 heavy (non-hydrogen) atoms. The molecule has 0 unspecified atom stereocenters. The molecule has 0 aliphatic carbocycles. The second-order valence-electron chi connectivity index (χ2n) is 8.04. The average molecular weight is 471 g/mol. The Bertz CT molecular complexity index is 1320. The second-order valence-corrected chi connectivity index (χ2v) is 9.98. The molecule has 4 rings (SSSR count). The lowest BCUT2D eigenvalue weighted by molar-refractivity contribution is 0.102. The Labute approximate surface area is 200 Å². The zero-order chi connectivity index (χ0) is 24.0. The summed E-state index contributed by atoms with van der Waals surface area (Å²) in [6, 6.07) is 32.8. The van der Waals surface area contributed by atoms with E-state index in [9.17, 15) is 13.2 Å². The van der Waals surface area contributed by atoms with E-state index >= 15 is 0 Å². The van der Waals surface area contributed by atoms with Gasteiger partial charge in [0, 0.05) is 24.3 Å². The molecule has 0 aliphatic heterocycles. The van der Waals surface area contributed by atoms with Gasteiger partial charge in [0.1, 0.15) is 0 Å². The number of nitrogens with zero attached hydrogens (tertiary/aromatic N) is 1. The molecule has 5 nitrogen and oxygen atoms in total. The lowest BCUT2D eigenvalue weighted by Crippen LogP contribution is -2.30. The Hall–Kier alpha value is -3.74. The molecule has 1 amide bonds. The van der Waals surface area contributed by atoms with Crippen LogP contribution in [0.4, 0.5) is 5.69 Å². The summed E-state index contributed by atoms with van der Waals surface area (Å²) in [5.41, 5.74) is 3.60. The van der Waals surface area contributed by atoms with Gasteiger partial charge in [0.05, 0.1) is 4.90 Å². The third kappa shape index (κ3) is 5.60. The van der Waals surface area contributed by atoms with Crippen molar-refractivity contribution in [2.75, 3.05) is 5.32 Å². The number of aryl methyl sites for hydroxylation is 1. The van der Waals surface area contributed by atoms with Crippen LogP contribution in [0, 0.1) is 6.92 Å². The van der Waals surface area contributed by atoms with Crippen LogP contribution in [0.3, 0.4) is 0 Å². The number of carbonyl (C=O) groups is 1. The van der Waals surface area contributed by atoms with E-state index in [1.807, 2.05) is 66.7 Å². The van der Waals surface area contributed by atoms with Crippen molar-refractivity contribution in [1.29, 1.82) is 0 Å². The van der Waals surface area contributed by atoms with Crippen LogP contribution >= 0.6 is 0 Å². The van der Waals surface area contributed by atoms with E-state index in [-0.39, 0.29) is 23.9 Å². The first-order valence-electron chi connectivity index (χ1n) is 11.0. The predicted octanol–water partition coefficient (Wildman–Crippen LogP) is 5.64. The highest BCUT2D eigenvalue weighted by molar-refractivity contribution is 7.89. The van der Waals surface area contributed by atoms with E-state index in [1.165, 1.54) is 4.31 Å². The van der Waals surface area contributed by atoms with E-state index in [0.29, 0.717) is 16.8 Å². The number of anilines is 1. The van der Waals surface area contributed by atoms with Gasteiger partial charge in [-0.3, -0.25) is 4.79 Å². The topological polar surface area (TPSA) is 66.5 Å². The van der Waals surface area contributed by atoms with Gasteiger partial charge in [-0.25, -0.2) is 8.42 Å². The summed E-state index contributed by atoms with van der Waals surface area (Å²) >= 11 is 0. The molecule has 0 fully saturated rings. The van der Waals surface area contributed by atoms with Crippen molar-refractivity contribution < 1.29 is 13.2 Å². The van der Waals surface area contributed by atoms with Crippen LogP contribution in [0.25, 0.3) is 0 Å². The highest BCUT2D eigenvalue weighted by atomic mass is 32.2. The first kappa shape index (κ1) is 23.4. The molecule has 1 N–H and O–H groups in total. The molecule has 0 saturated heterocycles. The van der Waals surface area contributed by atoms with E-state index in [1.54, 1.807) is 49.4 Å². The fourth-order valence-corrected chi connectivity index (χ4v) is 5.17. The van der Waals surface area contributed by atoms with Gasteiger partial charge in [-0.1, -0.05) is 78.9 Å². The summed E-state index contributed by atoms with van der Waals surface area (Å²) in [5.74, 6) is -0.242. The third-order valence-electron chi connectivity index (χ3n) is 5.52. The van der Waals surface area contributed by atoms with Crippen molar-refractivity contribution in [2.24, 2.45) is 0 Å². The van der Waals surface area contributed by atoms with Crippen LogP contribution in [0.15, 0.2) is 114 Å². The highest BCUT2D eigenvalue weighted by Crippen LogP contribution is 2.25. The molecule has 0 saturated carbocycles. The van der Waals surface area contributed by atoms with Crippen LogP contribution in [-0.2, 0) is 23.1 Å². The molecule has 172 valence electrons. The number of rotatable bonds is 8. The zero-order valence-electron chi connectivity index (χ0n) is 18.9. The Morgan fingerprint density at radius 3 is 1.74 bits per heavy atom. The SMILES string of the molecule is Cc1cc(S(=O)(=O)N(Cc2ccccc2)Cc2ccccc2)ccc1NC(=O)c1ccccc1. The van der Waals surface area contributed by atoms with Crippen LogP contribution in [-0.4, -0.2) is 18.6 Å². The normalized spacial score (nSPS) is 11.4. The van der Waals surface area contributed by atoms with Crippen molar-refractivity contribution in [3.63, 3.8) is 0 Å². The number of sulfonamides is 1. The molecule has 0 spiro atoms. The van der Waals surface area contributed by atoms with Gasteiger partial charge in [0.2, 0.25) is 10.0 Å². The summed E-state index contributed by atoms with van der Waals surface area (Å²) < 4.78 is 28.9. The molecule has 4 aromatic rings. The van der Waals surface area contributed by atoms with Gasteiger partial charge in [-0.15, -0.1) is 0 Å². The maximum atomic E-state index is 13.7. The molecule has 0 bridgehead atoms. The molecular weight excluding hydrogens is 444 g/mol. The molecular formula is C28H26N2O3S. The summed E-state index contributed by atoms with van der Waals surface area (Å²) in [4.78, 5) is 12.7. The minimum absolute atomic E-state index is 0.189. The number of hydrogen-bond acceptors (Lipinski definition) is 3. The van der Waals surface area contributed by atoms with E-state index in [4.69, 9.17) is 0 Å². The Balaban J connectivity index is 1.61. The maximum Gasteiger partial charge on any atom is 0.255 e. The fourth-order valence-electron chi connectivity index (χ4n) is 3.67. The summed E-state index contributed by atoms with van der Waals surface area (Å²) in [7, 11) is -3.80. The van der Waals surface area contributed by atoms with Crippen molar-refractivity contribution in [3.05, 3.63) is 131 Å². The number of hydrogen-bond donors (Lipinski definition) is 1. The Morgan fingerprint density at radius 2 is 1.24 bits per heavy atom. The van der Waals surface area contributed by atoms with Gasteiger partial charge in [-0.05, 0) is 53.9 Å². The van der Waals surface area contributed by atoms with E-state index in [0.717, 1.165) is 11.1 Å². The van der Waals surface area contributed by atoms with Crippen molar-refractivity contribution in [1.82, 2.24) is 4.31 Å². The van der Waals surface area contributed by atoms with E-state index < -0.39 is 10.0 Å². The smallest absolute Gasteiger partial charge is 0.255 e. The fraction of sp³-hybridized carbons (Fsp3) is 0.107. The minimum atomic E-state index is -3.80. The first-order chi connectivity index (χ1) is 16.4. The van der Waals surface area contributed by atoms with Crippen LogP contribution in [0.5, 0.6) is 0 Å². The van der Waals surface area contributed by atoms with Gasteiger partial charge in [0.15, 0.2) is 0 Å². The predicted molar refractivity (Wildman–Crippen MR) is 135 cm³/mol. The second kappa shape index (κ2) is 10.5. The lowest BCUT2D eigenvalue weighted by Gasteiger charge is -2.23. The van der Waals surface area contributed by atoms with Gasteiger partial charge in [-0.2, -0.15) is 4.31 Å². The summed E-state index contributed by atoms with van der Waals surface area (Å²) in [5, 5.41) is 2.87. The molecule has 0 heterocycles. The van der Waals surface area contributed by atoms with Crippen molar-refractivity contribution in [2.45, 2.75) is 24.9 Å². The zero-order valence-corrected chi connectivity index (χ0v) is 19.7. The van der Waals surface area contributed by atoms with Crippen LogP contribution < -0.4 is 5.32 Å². The standard InChI is InChI=1S/C28H26N2O3S/c1-22-19-26(17-18-27(22)29-28(31)25-15-9-4-10-16-25)34(32,33)30(20-23-11-5-2-6-12-23)21-24-13-7-3-8-14-24/h2-19H,20-21H2,1H3,(H,29,31). The van der Waals surface area contributed by atoms with Crippen molar-refractivity contribution >= 4 is 21.6 Å². The largest absolute Gasteiger partial charge is 0.322 e. The van der Waals surface area contributed by atoms with Gasteiger partial charge in [0.25, 0.3) is 5.91 Å². The molecule has 0 atom stereocenters. The lowest BCUT2D eigenvalue weighted by atomic mass is 10.1. The van der Waals surface area contributed by atoms with Crippen molar-refractivity contribution in [3.8, 4) is 0 Å². The summed E-state index contributed by atoms with van der Waals surface area (Å²) in [6.07, 6.45) is 0. The monoisotopic (exact) mass is 470 g/mol. The number of nitrogens with one attached hydrogen (secondary N) is 1. The molecule has 0 aliphatic rings. The molecule has 0 radical (unpaired) electrons. The number of amides is 1. The number of carbonyl (C=O) groups excluding carboxylic acids is 1. The Morgan fingerprint density at radius 1 is 0.735 bits per heavy atom. The molecule has 4 aromatic carbocycles. The highest BCUT2D eigenvalue weighted by Gasteiger charge is 2.25. The number of benzene rings is 4. The third-order valence-corrected chi connectivity index (χ3v) is 7.31. The first-order valence-corrected chi connectivity index (χ1v) is 12.4. The molecule has 0 aromatic heterocycles. The maximum absolute atomic E-state index is 13.7. The Kier molecular flexibility index (Phi) is 7.21. The van der Waals surface area contributed by atoms with Crippen LogP contribution in [0.1, 0.15) is 27.0 Å². The van der Waals surface area contributed by atoms with Gasteiger partial charge < -0.3 is 5.32 Å². The summed E-state index contributed by atoms with van der Waals surface area (Å²) in [6.45, 7) is 2.30. The average Bonchev–Trinajstić information content (AvgIpc) is 2.86. The minimum Gasteiger partial charge on any atom is -0.322 e. The molecule has 6 heteroatoms. The van der Waals surface area contributed by atoms with Gasteiger partial charge >= 0.3 is 0 Å². The van der Waals surface area contributed by atoms with E-state index in [2.05, 4.69) is 5.32 Å².